The van der Waals surface area contributed by atoms with Crippen LogP contribution < -0.4 is 4.74 Å². The maximum absolute atomic E-state index is 6.13. The van der Waals surface area contributed by atoms with Crippen LogP contribution in [0.1, 0.15) is 65.4 Å². The van der Waals surface area contributed by atoms with Gasteiger partial charge in [-0.2, -0.15) is 0 Å². The summed E-state index contributed by atoms with van der Waals surface area (Å²) in [6.07, 6.45) is 5.36. The SMILES string of the molecule is C=C(C)c1ccc(OC(C)(CCCC)OCCCC)cc1. The summed E-state index contributed by atoms with van der Waals surface area (Å²) >= 11 is 0. The minimum atomic E-state index is -0.532. The highest BCUT2D eigenvalue weighted by Gasteiger charge is 2.26. The van der Waals surface area contributed by atoms with Crippen molar-refractivity contribution in [1.29, 1.82) is 0 Å². The molecule has 2 nitrogen and oxygen atoms in total. The number of rotatable bonds is 10. The molecule has 0 radical (unpaired) electrons. The topological polar surface area (TPSA) is 18.5 Å². The fraction of sp³-hybridized carbons (Fsp3) is 0.579. The predicted octanol–water partition coefficient (Wildman–Crippen LogP) is 5.82. The van der Waals surface area contributed by atoms with E-state index in [4.69, 9.17) is 9.47 Å². The normalized spacial score (nSPS) is 13.7. The van der Waals surface area contributed by atoms with Gasteiger partial charge in [0.1, 0.15) is 5.75 Å². The van der Waals surface area contributed by atoms with Crippen LogP contribution in [0, 0.1) is 0 Å². The van der Waals surface area contributed by atoms with Crippen LogP contribution in [0.2, 0.25) is 0 Å². The van der Waals surface area contributed by atoms with E-state index in [0.717, 1.165) is 55.6 Å². The van der Waals surface area contributed by atoms with Gasteiger partial charge in [-0.3, -0.25) is 0 Å². The third-order valence-electron chi connectivity index (χ3n) is 3.57. The number of ether oxygens (including phenoxy) is 2. The monoisotopic (exact) mass is 290 g/mol. The first-order valence-corrected chi connectivity index (χ1v) is 8.09. The van der Waals surface area contributed by atoms with Crippen molar-refractivity contribution in [3.63, 3.8) is 0 Å². The molecule has 0 aliphatic carbocycles. The van der Waals surface area contributed by atoms with Gasteiger partial charge in [0.25, 0.3) is 0 Å². The Bertz CT molecular complexity index is 422. The maximum atomic E-state index is 6.13. The average Bonchev–Trinajstić information content (AvgIpc) is 2.46. The molecule has 0 fully saturated rings. The van der Waals surface area contributed by atoms with E-state index in [1.807, 2.05) is 38.1 Å². The molecule has 1 atom stereocenters. The van der Waals surface area contributed by atoms with E-state index in [-0.39, 0.29) is 0 Å². The van der Waals surface area contributed by atoms with Crippen LogP contribution in [0.15, 0.2) is 30.8 Å². The highest BCUT2D eigenvalue weighted by molar-refractivity contribution is 5.61. The Morgan fingerprint density at radius 2 is 1.71 bits per heavy atom. The summed E-state index contributed by atoms with van der Waals surface area (Å²) < 4.78 is 12.1. The smallest absolute Gasteiger partial charge is 0.207 e. The van der Waals surface area contributed by atoms with Crippen molar-refractivity contribution in [3.8, 4) is 5.75 Å². The molecule has 0 aliphatic heterocycles. The molecular weight excluding hydrogens is 260 g/mol. The molecule has 21 heavy (non-hydrogen) atoms. The van der Waals surface area contributed by atoms with Crippen LogP contribution in [0.3, 0.4) is 0 Å². The Balaban J connectivity index is 2.71. The van der Waals surface area contributed by atoms with Crippen molar-refractivity contribution in [1.82, 2.24) is 0 Å². The Kier molecular flexibility index (Phi) is 7.52. The van der Waals surface area contributed by atoms with E-state index in [2.05, 4.69) is 20.4 Å². The minimum Gasteiger partial charge on any atom is -0.463 e. The molecule has 2 heteroatoms. The van der Waals surface area contributed by atoms with Crippen molar-refractivity contribution in [2.24, 2.45) is 0 Å². The minimum absolute atomic E-state index is 0.532. The van der Waals surface area contributed by atoms with E-state index >= 15 is 0 Å². The lowest BCUT2D eigenvalue weighted by molar-refractivity contribution is -0.175. The summed E-state index contributed by atoms with van der Waals surface area (Å²) in [5.74, 6) is 0.325. The molecule has 1 rings (SSSR count). The number of hydrogen-bond acceptors (Lipinski definition) is 2. The number of hydrogen-bond donors (Lipinski definition) is 0. The predicted molar refractivity (Wildman–Crippen MR) is 90.6 cm³/mol. The van der Waals surface area contributed by atoms with Crippen LogP contribution in [-0.2, 0) is 4.74 Å². The van der Waals surface area contributed by atoms with Crippen LogP contribution in [0.5, 0.6) is 5.75 Å². The van der Waals surface area contributed by atoms with Crippen molar-refractivity contribution in [3.05, 3.63) is 36.4 Å². The molecule has 1 aromatic carbocycles. The first-order chi connectivity index (χ1) is 10.0. The lowest BCUT2D eigenvalue weighted by Gasteiger charge is -2.31. The lowest BCUT2D eigenvalue weighted by Crippen LogP contribution is -2.36. The lowest BCUT2D eigenvalue weighted by atomic mass is 10.1. The second-order valence-corrected chi connectivity index (χ2v) is 5.85. The molecule has 0 aromatic heterocycles. The van der Waals surface area contributed by atoms with Gasteiger partial charge in [-0.05, 0) is 37.5 Å². The molecule has 0 N–H and O–H groups in total. The highest BCUT2D eigenvalue weighted by Crippen LogP contribution is 2.26. The molecular formula is C19H30O2. The summed E-state index contributed by atoms with van der Waals surface area (Å²) in [6, 6.07) is 8.09. The summed E-state index contributed by atoms with van der Waals surface area (Å²) in [5.41, 5.74) is 2.21. The Morgan fingerprint density at radius 1 is 1.10 bits per heavy atom. The number of benzene rings is 1. The zero-order chi connectivity index (χ0) is 15.7. The summed E-state index contributed by atoms with van der Waals surface area (Å²) in [4.78, 5) is 0. The van der Waals surface area contributed by atoms with Gasteiger partial charge in [0.15, 0.2) is 0 Å². The zero-order valence-corrected chi connectivity index (χ0v) is 14.1. The fourth-order valence-corrected chi connectivity index (χ4v) is 2.14. The van der Waals surface area contributed by atoms with Gasteiger partial charge in [-0.15, -0.1) is 0 Å². The number of allylic oxidation sites excluding steroid dienone is 1. The molecule has 118 valence electrons. The van der Waals surface area contributed by atoms with Gasteiger partial charge >= 0.3 is 0 Å². The molecule has 0 bridgehead atoms. The third-order valence-corrected chi connectivity index (χ3v) is 3.57. The van der Waals surface area contributed by atoms with Crippen molar-refractivity contribution in [2.75, 3.05) is 6.61 Å². The molecule has 0 spiro atoms. The zero-order valence-electron chi connectivity index (χ0n) is 14.1. The van der Waals surface area contributed by atoms with E-state index in [1.54, 1.807) is 0 Å². The molecule has 0 amide bonds. The first kappa shape index (κ1) is 17.8. The Hall–Kier alpha value is -1.28. The maximum Gasteiger partial charge on any atom is 0.207 e. The van der Waals surface area contributed by atoms with Crippen LogP contribution in [-0.4, -0.2) is 12.4 Å². The molecule has 1 unspecified atom stereocenters. The van der Waals surface area contributed by atoms with Gasteiger partial charge in [0, 0.05) is 13.3 Å². The van der Waals surface area contributed by atoms with Crippen LogP contribution >= 0.6 is 0 Å². The molecule has 0 saturated carbocycles. The van der Waals surface area contributed by atoms with Gasteiger partial charge < -0.3 is 9.47 Å². The Labute approximate surface area is 130 Å². The van der Waals surface area contributed by atoms with Crippen molar-refractivity contribution >= 4 is 5.57 Å². The van der Waals surface area contributed by atoms with Crippen LogP contribution in [0.25, 0.3) is 5.57 Å². The summed E-state index contributed by atoms with van der Waals surface area (Å²) in [7, 11) is 0. The second kappa shape index (κ2) is 8.89. The van der Waals surface area contributed by atoms with E-state index in [0.29, 0.717) is 0 Å². The fourth-order valence-electron chi connectivity index (χ4n) is 2.14. The highest BCUT2D eigenvalue weighted by atomic mass is 16.7. The summed E-state index contributed by atoms with van der Waals surface area (Å²) in [6.45, 7) is 13.1. The van der Waals surface area contributed by atoms with Gasteiger partial charge in [0.05, 0.1) is 6.61 Å². The van der Waals surface area contributed by atoms with E-state index < -0.39 is 5.79 Å². The largest absolute Gasteiger partial charge is 0.463 e. The quantitative estimate of drug-likeness (QED) is 0.399. The van der Waals surface area contributed by atoms with Crippen molar-refractivity contribution < 1.29 is 9.47 Å². The van der Waals surface area contributed by atoms with E-state index in [1.165, 1.54) is 0 Å². The van der Waals surface area contributed by atoms with Crippen molar-refractivity contribution in [2.45, 2.75) is 65.6 Å². The van der Waals surface area contributed by atoms with Gasteiger partial charge in [0.2, 0.25) is 5.79 Å². The molecule has 0 saturated heterocycles. The standard InChI is InChI=1S/C19H30O2/c1-6-8-14-19(5,20-15-9-7-2)21-18-12-10-17(11-13-18)16(3)4/h10-13H,3,6-9,14-15H2,1-2,4-5H3. The second-order valence-electron chi connectivity index (χ2n) is 5.85. The van der Waals surface area contributed by atoms with Gasteiger partial charge in [-0.1, -0.05) is 51.0 Å². The number of unbranched alkanes of at least 4 members (excludes halogenated alkanes) is 2. The average molecular weight is 290 g/mol. The third kappa shape index (κ3) is 6.34. The Morgan fingerprint density at radius 3 is 2.24 bits per heavy atom. The molecule has 1 aromatic rings. The van der Waals surface area contributed by atoms with E-state index in [9.17, 15) is 0 Å². The van der Waals surface area contributed by atoms with Gasteiger partial charge in [-0.25, -0.2) is 0 Å². The molecule has 0 heterocycles. The van der Waals surface area contributed by atoms with Crippen LogP contribution in [0.4, 0.5) is 0 Å². The molecule has 0 aliphatic rings. The summed E-state index contributed by atoms with van der Waals surface area (Å²) in [5, 5.41) is 0. The first-order valence-electron chi connectivity index (χ1n) is 8.09.